The lowest BCUT2D eigenvalue weighted by Crippen LogP contribution is -2.65. The molecule has 9 nitrogen and oxygen atoms in total. The van der Waals surface area contributed by atoms with Crippen molar-refractivity contribution in [1.29, 1.82) is 0 Å². The molecule has 5 aliphatic rings. The summed E-state index contributed by atoms with van der Waals surface area (Å²) in [5.41, 5.74) is 1.73. The van der Waals surface area contributed by atoms with Crippen LogP contribution in [0.3, 0.4) is 0 Å². The fourth-order valence-corrected chi connectivity index (χ4v) is 9.90. The van der Waals surface area contributed by atoms with Crippen LogP contribution in [0.15, 0.2) is 53.4 Å². The quantitative estimate of drug-likeness (QED) is 0.176. The van der Waals surface area contributed by atoms with E-state index in [1.165, 1.54) is 25.7 Å². The first kappa shape index (κ1) is 31.8. The van der Waals surface area contributed by atoms with Crippen LogP contribution in [0.5, 0.6) is 0 Å². The third kappa shape index (κ3) is 6.89. The van der Waals surface area contributed by atoms with Gasteiger partial charge in [-0.15, -0.1) is 0 Å². The highest BCUT2D eigenvalue weighted by molar-refractivity contribution is 7.97. The maximum Gasteiger partial charge on any atom is 0.408 e. The number of nitrogens with zero attached hydrogens (tertiary/aromatic N) is 2. The second-order valence-corrected chi connectivity index (χ2v) is 17.1. The Hall–Kier alpha value is -2.41. The summed E-state index contributed by atoms with van der Waals surface area (Å²) in [4.78, 5) is 19.7. The van der Waals surface area contributed by atoms with Gasteiger partial charge in [-0.3, -0.25) is 0 Å². The number of rotatable bonds is 13. The number of nitrogens with one attached hydrogen (secondary N) is 2. The summed E-state index contributed by atoms with van der Waals surface area (Å²) < 4.78 is 21.8. The Morgan fingerprint density at radius 2 is 1.96 bits per heavy atom. The molecule has 1 aromatic heterocycles. The summed E-state index contributed by atoms with van der Waals surface area (Å²) in [6, 6.07) is 16.5. The van der Waals surface area contributed by atoms with E-state index in [-0.39, 0.29) is 29.5 Å². The lowest BCUT2D eigenvalue weighted by atomic mass is 9.59. The number of carbonyl (C=O) groups excluding carboxylic acids is 1. The molecule has 2 saturated heterocycles. The summed E-state index contributed by atoms with van der Waals surface area (Å²) in [5.74, 6) is 0.459. The van der Waals surface area contributed by atoms with E-state index < -0.39 is 23.8 Å². The number of aromatic nitrogens is 1. The number of hydrogen-bond donors (Lipinski definition) is 3. The predicted molar refractivity (Wildman–Crippen MR) is 184 cm³/mol. The highest BCUT2D eigenvalue weighted by Crippen LogP contribution is 2.56. The molecule has 1 amide bonds. The molecular formula is C36H46N4O5S2. The Labute approximate surface area is 285 Å². The third-order valence-corrected chi connectivity index (χ3v) is 12.9. The van der Waals surface area contributed by atoms with Crippen molar-refractivity contribution in [2.75, 3.05) is 31.6 Å². The molecule has 2 aliphatic heterocycles. The van der Waals surface area contributed by atoms with Crippen LogP contribution in [0.4, 0.5) is 9.93 Å². The number of carbonyl (C=O) groups is 1. The summed E-state index contributed by atoms with van der Waals surface area (Å²) in [6.45, 7) is 6.90. The molecule has 5 unspecified atom stereocenters. The van der Waals surface area contributed by atoms with E-state index in [0.29, 0.717) is 32.2 Å². The number of amides is 1. The van der Waals surface area contributed by atoms with E-state index in [1.807, 2.05) is 30.3 Å². The molecule has 0 spiro atoms. The zero-order valence-electron chi connectivity index (χ0n) is 27.2. The smallest absolute Gasteiger partial charge is 0.408 e. The number of anilines is 1. The molecule has 0 bridgehead atoms. The second-order valence-electron chi connectivity index (χ2n) is 14.9. The molecule has 5 fully saturated rings. The number of fused-ring (bicyclic) bond motifs is 4. The lowest BCUT2D eigenvalue weighted by Gasteiger charge is -2.56. The van der Waals surface area contributed by atoms with Gasteiger partial charge in [-0.2, -0.15) is 0 Å². The zero-order chi connectivity index (χ0) is 32.2. The van der Waals surface area contributed by atoms with E-state index in [9.17, 15) is 9.90 Å². The van der Waals surface area contributed by atoms with Crippen molar-refractivity contribution in [3.05, 3.63) is 54.1 Å². The van der Waals surface area contributed by atoms with Gasteiger partial charge in [0.15, 0.2) is 11.4 Å². The minimum absolute atomic E-state index is 0.0286. The van der Waals surface area contributed by atoms with Gasteiger partial charge in [-0.25, -0.2) is 14.1 Å². The number of aliphatic hydroxyl groups excluding tert-OH is 1. The second kappa shape index (κ2) is 12.8. The Kier molecular flexibility index (Phi) is 8.67. The Morgan fingerprint density at radius 1 is 1.15 bits per heavy atom. The van der Waals surface area contributed by atoms with Crippen LogP contribution in [0.25, 0.3) is 10.2 Å². The molecular weight excluding hydrogens is 633 g/mol. The highest BCUT2D eigenvalue weighted by Gasteiger charge is 2.64. The normalized spacial score (nSPS) is 30.2. The van der Waals surface area contributed by atoms with Gasteiger partial charge < -0.3 is 30.0 Å². The van der Waals surface area contributed by atoms with E-state index in [0.717, 1.165) is 45.2 Å². The van der Waals surface area contributed by atoms with Crippen molar-refractivity contribution < 1.29 is 24.1 Å². The number of alkyl carbamates (subject to hydrolysis) is 1. The molecule has 7 atom stereocenters. The Morgan fingerprint density at radius 3 is 2.70 bits per heavy atom. The van der Waals surface area contributed by atoms with Crippen LogP contribution < -0.4 is 10.6 Å². The maximum atomic E-state index is 13.8. The molecule has 3 saturated carbocycles. The number of benzene rings is 2. The Balaban J connectivity index is 0.988. The van der Waals surface area contributed by atoms with Crippen molar-refractivity contribution in [1.82, 2.24) is 14.6 Å². The molecule has 3 heterocycles. The molecule has 3 aromatic rings. The van der Waals surface area contributed by atoms with Crippen molar-refractivity contribution in [2.45, 2.75) is 93.8 Å². The van der Waals surface area contributed by atoms with E-state index in [1.54, 1.807) is 23.3 Å². The molecule has 3 aliphatic carbocycles. The van der Waals surface area contributed by atoms with Crippen molar-refractivity contribution in [3.63, 3.8) is 0 Å². The number of aliphatic hydroxyl groups is 1. The average Bonchev–Trinajstić information content (AvgIpc) is 3.92. The van der Waals surface area contributed by atoms with E-state index in [4.69, 9.17) is 19.2 Å². The molecule has 252 valence electrons. The summed E-state index contributed by atoms with van der Waals surface area (Å²) in [6.07, 6.45) is 5.50. The predicted octanol–water partition coefficient (Wildman–Crippen LogP) is 6.47. The van der Waals surface area contributed by atoms with Gasteiger partial charge in [0.1, 0.15) is 5.60 Å². The SMILES string of the molecule is CC1COC2OCC3CCC3(OC(=O)N[C@@H](Cc3ccccc3)[C@H](O)CN(CC3(C)CC3)Sc3ccc4nc(NC5CC5)sc4c3)C12. The van der Waals surface area contributed by atoms with Crippen LogP contribution in [-0.2, 0) is 20.6 Å². The third-order valence-electron chi connectivity index (χ3n) is 10.9. The number of hydrogen-bond acceptors (Lipinski definition) is 10. The molecule has 8 rings (SSSR count). The molecule has 2 aromatic carbocycles. The first-order chi connectivity index (χ1) is 22.7. The van der Waals surface area contributed by atoms with Gasteiger partial charge in [0.05, 0.1) is 41.5 Å². The van der Waals surface area contributed by atoms with Crippen LogP contribution in [0.1, 0.15) is 57.9 Å². The maximum absolute atomic E-state index is 13.8. The first-order valence-corrected chi connectivity index (χ1v) is 18.9. The summed E-state index contributed by atoms with van der Waals surface area (Å²) in [5, 5.41) is 19.6. The van der Waals surface area contributed by atoms with Crippen LogP contribution in [0, 0.1) is 23.2 Å². The fourth-order valence-electron chi connectivity index (χ4n) is 7.64. The lowest BCUT2D eigenvalue weighted by molar-refractivity contribution is -0.274. The van der Waals surface area contributed by atoms with Gasteiger partial charge in [-0.05, 0) is 92.0 Å². The number of ether oxygens (including phenoxy) is 3. The van der Waals surface area contributed by atoms with E-state index >= 15 is 0 Å². The van der Waals surface area contributed by atoms with Gasteiger partial charge in [0.2, 0.25) is 0 Å². The standard InChI is InChI=1S/C36H46N4O5S2/c1-22-19-43-32-31(22)36(13-12-24(36)20-44-32)45-34(42)39-28(16-23-6-4-3-5-7-23)29(41)18-40(21-35(2)14-15-35)47-26-10-11-27-30(17-26)46-33(38-27)37-25-8-9-25/h3-7,10-11,17,22,24-25,28-29,31-32,41H,8-9,12-16,18-21H2,1-2H3,(H,37,38)(H,39,42)/t22?,24?,28-,29+,31?,32?,36?/m0/s1. The van der Waals surface area contributed by atoms with Gasteiger partial charge in [0, 0.05) is 29.9 Å². The monoisotopic (exact) mass is 678 g/mol. The highest BCUT2D eigenvalue weighted by atomic mass is 32.2. The molecule has 0 radical (unpaired) electrons. The van der Waals surface area contributed by atoms with Crippen molar-refractivity contribution in [2.24, 2.45) is 23.2 Å². The minimum Gasteiger partial charge on any atom is -0.442 e. The van der Waals surface area contributed by atoms with Gasteiger partial charge in [0.25, 0.3) is 0 Å². The Bertz CT molecular complexity index is 1580. The number of thiazole rings is 1. The molecule has 11 heteroatoms. The largest absolute Gasteiger partial charge is 0.442 e. The fraction of sp³-hybridized carbons (Fsp3) is 0.611. The van der Waals surface area contributed by atoms with Crippen molar-refractivity contribution >= 4 is 44.7 Å². The van der Waals surface area contributed by atoms with Crippen molar-refractivity contribution in [3.8, 4) is 0 Å². The molecule has 3 N–H and O–H groups in total. The molecule has 47 heavy (non-hydrogen) atoms. The minimum atomic E-state index is -0.815. The van der Waals surface area contributed by atoms with Gasteiger partial charge in [-0.1, -0.05) is 55.5 Å². The summed E-state index contributed by atoms with van der Waals surface area (Å²) >= 11 is 3.39. The van der Waals surface area contributed by atoms with E-state index in [2.05, 4.69) is 47.0 Å². The summed E-state index contributed by atoms with van der Waals surface area (Å²) in [7, 11) is 0. The average molecular weight is 679 g/mol. The first-order valence-electron chi connectivity index (χ1n) is 17.3. The van der Waals surface area contributed by atoms with Gasteiger partial charge >= 0.3 is 6.09 Å². The topological polar surface area (TPSA) is 105 Å². The zero-order valence-corrected chi connectivity index (χ0v) is 28.9. The van der Waals surface area contributed by atoms with Crippen LogP contribution in [-0.4, -0.2) is 76.9 Å². The van der Waals surface area contributed by atoms with Crippen LogP contribution in [0.2, 0.25) is 0 Å². The van der Waals surface area contributed by atoms with Crippen LogP contribution >= 0.6 is 23.3 Å².